The topological polar surface area (TPSA) is 92.0 Å². The monoisotopic (exact) mass is 337 g/mol. The van der Waals surface area contributed by atoms with E-state index in [1.54, 1.807) is 0 Å². The minimum Gasteiger partial charge on any atom is -0.377 e. The first-order valence-corrected chi connectivity index (χ1v) is 9.04. The number of aliphatic imine (C=N–C) groups is 1. The molecule has 2 saturated heterocycles. The van der Waals surface area contributed by atoms with Crippen molar-refractivity contribution in [2.24, 2.45) is 22.1 Å². The van der Waals surface area contributed by atoms with Gasteiger partial charge in [0.2, 0.25) is 5.91 Å². The van der Waals surface area contributed by atoms with Gasteiger partial charge in [0, 0.05) is 50.2 Å². The number of hydrogen-bond acceptors (Lipinski definition) is 4. The summed E-state index contributed by atoms with van der Waals surface area (Å²) >= 11 is 0. The Balaban J connectivity index is 1.49. The van der Waals surface area contributed by atoms with Gasteiger partial charge in [0.25, 0.3) is 0 Å². The number of likely N-dealkylation sites (tertiary alicyclic amines) is 1. The third kappa shape index (κ3) is 3.37. The maximum absolute atomic E-state index is 11.0. The normalized spacial score (nSPS) is 33.6. The van der Waals surface area contributed by atoms with Crippen molar-refractivity contribution in [3.63, 3.8) is 0 Å². The van der Waals surface area contributed by atoms with Crippen molar-refractivity contribution in [2.75, 3.05) is 33.3 Å². The molecule has 4 N–H and O–H groups in total. The number of primary amides is 1. The second kappa shape index (κ2) is 6.88. The second-order valence-electron chi connectivity index (χ2n) is 7.92. The molecule has 7 nitrogen and oxygen atoms in total. The van der Waals surface area contributed by atoms with E-state index in [0.29, 0.717) is 30.7 Å². The van der Waals surface area contributed by atoms with Crippen LogP contribution in [0.15, 0.2) is 4.99 Å². The van der Waals surface area contributed by atoms with Gasteiger partial charge in [0.1, 0.15) is 0 Å². The van der Waals surface area contributed by atoms with E-state index in [1.165, 1.54) is 0 Å². The summed E-state index contributed by atoms with van der Waals surface area (Å²) in [5.41, 5.74) is 5.41. The first-order chi connectivity index (χ1) is 11.4. The molecule has 3 unspecified atom stereocenters. The number of carbonyl (C=O) groups is 1. The largest absolute Gasteiger partial charge is 0.377 e. The fraction of sp³-hybridized carbons (Fsp3) is 0.882. The molecule has 2 aliphatic heterocycles. The van der Waals surface area contributed by atoms with Crippen molar-refractivity contribution >= 4 is 11.9 Å². The van der Waals surface area contributed by atoms with Crippen LogP contribution in [0, 0.1) is 11.3 Å². The van der Waals surface area contributed by atoms with Crippen molar-refractivity contribution in [1.82, 2.24) is 15.5 Å². The first kappa shape index (κ1) is 17.5. The van der Waals surface area contributed by atoms with Gasteiger partial charge in [-0.3, -0.25) is 14.7 Å². The van der Waals surface area contributed by atoms with Gasteiger partial charge < -0.3 is 21.1 Å². The molecule has 3 aliphatic rings. The molecule has 3 rings (SSSR count). The lowest BCUT2D eigenvalue weighted by atomic mass is 9.57. The minimum atomic E-state index is -0.251. The quantitative estimate of drug-likeness (QED) is 0.493. The summed E-state index contributed by atoms with van der Waals surface area (Å²) in [5.74, 6) is 1.22. The Morgan fingerprint density at radius 3 is 2.62 bits per heavy atom. The summed E-state index contributed by atoms with van der Waals surface area (Å²) in [6.45, 7) is 7.57. The number of nitrogens with two attached hydrogens (primary N) is 1. The SMILES string of the molecule is CN=C(NC1CCN(CC(N)=O)CC1)NC1C2CCOC2C1(C)C. The summed E-state index contributed by atoms with van der Waals surface area (Å²) in [4.78, 5) is 17.5. The molecule has 1 amide bonds. The van der Waals surface area contributed by atoms with Crippen LogP contribution in [0.3, 0.4) is 0 Å². The van der Waals surface area contributed by atoms with Gasteiger partial charge in [0.05, 0.1) is 12.6 Å². The minimum absolute atomic E-state index is 0.142. The second-order valence-corrected chi connectivity index (χ2v) is 7.92. The molecule has 0 aromatic carbocycles. The Morgan fingerprint density at radius 1 is 1.29 bits per heavy atom. The van der Waals surface area contributed by atoms with E-state index >= 15 is 0 Å². The van der Waals surface area contributed by atoms with Crippen molar-refractivity contribution in [3.8, 4) is 0 Å². The predicted molar refractivity (Wildman–Crippen MR) is 93.7 cm³/mol. The van der Waals surface area contributed by atoms with Gasteiger partial charge in [-0.1, -0.05) is 13.8 Å². The fourth-order valence-electron chi connectivity index (χ4n) is 4.58. The van der Waals surface area contributed by atoms with Crippen LogP contribution in [0.1, 0.15) is 33.1 Å². The number of hydrogen-bond donors (Lipinski definition) is 3. The number of fused-ring (bicyclic) bond motifs is 1. The summed E-state index contributed by atoms with van der Waals surface area (Å²) in [5, 5.41) is 7.18. The molecule has 2 heterocycles. The Hall–Kier alpha value is -1.34. The Labute approximate surface area is 144 Å². The molecule has 0 radical (unpaired) electrons. The van der Waals surface area contributed by atoms with Crippen molar-refractivity contribution in [1.29, 1.82) is 0 Å². The molecular weight excluding hydrogens is 306 g/mol. The molecule has 0 aromatic rings. The van der Waals surface area contributed by atoms with Gasteiger partial charge >= 0.3 is 0 Å². The van der Waals surface area contributed by atoms with Crippen molar-refractivity contribution in [2.45, 2.75) is 51.3 Å². The van der Waals surface area contributed by atoms with Crippen LogP contribution < -0.4 is 16.4 Å². The summed E-state index contributed by atoms with van der Waals surface area (Å²) < 4.78 is 5.86. The van der Waals surface area contributed by atoms with E-state index in [-0.39, 0.29) is 11.3 Å². The number of nitrogens with zero attached hydrogens (tertiary/aromatic N) is 2. The fourth-order valence-corrected chi connectivity index (χ4v) is 4.58. The number of ether oxygens (including phenoxy) is 1. The maximum atomic E-state index is 11.0. The highest BCUT2D eigenvalue weighted by molar-refractivity contribution is 5.80. The highest BCUT2D eigenvalue weighted by Crippen LogP contribution is 2.52. The third-order valence-electron chi connectivity index (χ3n) is 5.92. The van der Waals surface area contributed by atoms with Crippen LogP contribution >= 0.6 is 0 Å². The first-order valence-electron chi connectivity index (χ1n) is 9.04. The number of guanidine groups is 1. The highest BCUT2D eigenvalue weighted by Gasteiger charge is 2.59. The van der Waals surface area contributed by atoms with Crippen LogP contribution in [-0.4, -0.2) is 68.2 Å². The van der Waals surface area contributed by atoms with Gasteiger partial charge in [-0.25, -0.2) is 0 Å². The molecule has 24 heavy (non-hydrogen) atoms. The lowest BCUT2D eigenvalue weighted by Gasteiger charge is -2.55. The third-order valence-corrected chi connectivity index (χ3v) is 5.92. The van der Waals surface area contributed by atoms with E-state index in [0.717, 1.165) is 44.9 Å². The smallest absolute Gasteiger partial charge is 0.231 e. The average Bonchev–Trinajstić information content (AvgIpc) is 2.99. The van der Waals surface area contributed by atoms with Gasteiger partial charge in [-0.15, -0.1) is 0 Å². The zero-order valence-corrected chi connectivity index (χ0v) is 15.0. The lowest BCUT2D eigenvalue weighted by Crippen LogP contribution is -2.68. The zero-order chi connectivity index (χ0) is 17.3. The highest BCUT2D eigenvalue weighted by atomic mass is 16.5. The maximum Gasteiger partial charge on any atom is 0.231 e. The molecule has 7 heteroatoms. The molecule has 3 fully saturated rings. The van der Waals surface area contributed by atoms with Crippen molar-refractivity contribution < 1.29 is 9.53 Å². The average molecular weight is 337 g/mol. The molecule has 1 aliphatic carbocycles. The molecule has 1 saturated carbocycles. The molecule has 0 spiro atoms. The Morgan fingerprint density at radius 2 is 2.00 bits per heavy atom. The molecular formula is C17H31N5O2. The van der Waals surface area contributed by atoms with Crippen LogP contribution in [-0.2, 0) is 9.53 Å². The summed E-state index contributed by atoms with van der Waals surface area (Å²) in [6.07, 6.45) is 3.51. The molecule has 3 atom stereocenters. The number of amides is 1. The van der Waals surface area contributed by atoms with E-state index in [9.17, 15) is 4.79 Å². The van der Waals surface area contributed by atoms with E-state index in [2.05, 4.69) is 34.4 Å². The van der Waals surface area contributed by atoms with E-state index < -0.39 is 0 Å². The number of piperidine rings is 1. The molecule has 0 aromatic heterocycles. The number of carbonyl (C=O) groups excluding carboxylic acids is 1. The van der Waals surface area contributed by atoms with Crippen molar-refractivity contribution in [3.05, 3.63) is 0 Å². The van der Waals surface area contributed by atoms with E-state index in [1.807, 2.05) is 7.05 Å². The number of rotatable bonds is 4. The summed E-state index contributed by atoms with van der Waals surface area (Å²) in [7, 11) is 1.83. The van der Waals surface area contributed by atoms with Crippen LogP contribution in [0.4, 0.5) is 0 Å². The lowest BCUT2D eigenvalue weighted by molar-refractivity contribution is -0.119. The molecule has 136 valence electrons. The van der Waals surface area contributed by atoms with Crippen LogP contribution in [0.25, 0.3) is 0 Å². The zero-order valence-electron chi connectivity index (χ0n) is 15.0. The van der Waals surface area contributed by atoms with Gasteiger partial charge in [0.15, 0.2) is 5.96 Å². The Kier molecular flexibility index (Phi) is 5.01. The standard InChI is InChI=1S/C17H31N5O2/c1-17(2)14(12-6-9-24-15(12)17)21-16(19-3)20-11-4-7-22(8-5-11)10-13(18)23/h11-12,14-15H,4-10H2,1-3H3,(H2,18,23)(H2,19,20,21). The van der Waals surface area contributed by atoms with Crippen LogP contribution in [0.2, 0.25) is 0 Å². The molecule has 0 bridgehead atoms. The van der Waals surface area contributed by atoms with Crippen LogP contribution in [0.5, 0.6) is 0 Å². The summed E-state index contributed by atoms with van der Waals surface area (Å²) in [6, 6.07) is 0.797. The number of nitrogens with one attached hydrogen (secondary N) is 2. The van der Waals surface area contributed by atoms with E-state index in [4.69, 9.17) is 10.5 Å². The van der Waals surface area contributed by atoms with Gasteiger partial charge in [-0.2, -0.15) is 0 Å². The predicted octanol–water partition coefficient (Wildman–Crippen LogP) is -0.0854. The Bertz CT molecular complexity index is 499. The van der Waals surface area contributed by atoms with Gasteiger partial charge in [-0.05, 0) is 19.3 Å².